The SMILES string of the molecule is CC(C)C1CCCN(c2ccncc2Br)CC1. The van der Waals surface area contributed by atoms with Crippen LogP contribution in [0.15, 0.2) is 22.9 Å². The molecule has 1 aliphatic heterocycles. The Morgan fingerprint density at radius 2 is 2.18 bits per heavy atom. The monoisotopic (exact) mass is 296 g/mol. The highest BCUT2D eigenvalue weighted by Gasteiger charge is 2.20. The zero-order chi connectivity index (χ0) is 12.3. The molecule has 0 aliphatic carbocycles. The van der Waals surface area contributed by atoms with Gasteiger partial charge in [-0.15, -0.1) is 0 Å². The molecule has 2 heterocycles. The van der Waals surface area contributed by atoms with Crippen molar-refractivity contribution in [3.8, 4) is 0 Å². The molecule has 2 nitrogen and oxygen atoms in total. The predicted octanol–water partition coefficient (Wildman–Crippen LogP) is 4.11. The van der Waals surface area contributed by atoms with Crippen LogP contribution < -0.4 is 4.90 Å². The van der Waals surface area contributed by atoms with Gasteiger partial charge in [0.1, 0.15) is 0 Å². The van der Waals surface area contributed by atoms with Crippen molar-refractivity contribution in [3.63, 3.8) is 0 Å². The van der Waals surface area contributed by atoms with Crippen molar-refractivity contribution < 1.29 is 0 Å². The first kappa shape index (κ1) is 12.9. The van der Waals surface area contributed by atoms with Gasteiger partial charge in [0.2, 0.25) is 0 Å². The number of anilines is 1. The van der Waals surface area contributed by atoms with Gasteiger partial charge in [0.15, 0.2) is 0 Å². The first-order valence-electron chi connectivity index (χ1n) is 6.53. The van der Waals surface area contributed by atoms with Crippen molar-refractivity contribution in [3.05, 3.63) is 22.9 Å². The fourth-order valence-corrected chi connectivity index (χ4v) is 3.16. The Morgan fingerprint density at radius 3 is 2.88 bits per heavy atom. The maximum atomic E-state index is 4.13. The third-order valence-corrected chi connectivity index (χ3v) is 4.42. The Morgan fingerprint density at radius 1 is 1.35 bits per heavy atom. The quantitative estimate of drug-likeness (QED) is 0.816. The lowest BCUT2D eigenvalue weighted by Crippen LogP contribution is -2.24. The van der Waals surface area contributed by atoms with E-state index in [1.54, 1.807) is 0 Å². The van der Waals surface area contributed by atoms with Crippen LogP contribution in [0, 0.1) is 11.8 Å². The van der Waals surface area contributed by atoms with E-state index in [-0.39, 0.29) is 0 Å². The molecule has 94 valence electrons. The molecule has 1 saturated heterocycles. The van der Waals surface area contributed by atoms with Crippen LogP contribution in [0.25, 0.3) is 0 Å². The van der Waals surface area contributed by atoms with Crippen molar-refractivity contribution in [1.82, 2.24) is 4.98 Å². The van der Waals surface area contributed by atoms with Crippen LogP contribution in [-0.2, 0) is 0 Å². The minimum absolute atomic E-state index is 0.816. The minimum atomic E-state index is 0.816. The highest BCUT2D eigenvalue weighted by molar-refractivity contribution is 9.10. The van der Waals surface area contributed by atoms with Crippen molar-refractivity contribution in [2.75, 3.05) is 18.0 Å². The molecular weight excluding hydrogens is 276 g/mol. The van der Waals surface area contributed by atoms with Gasteiger partial charge in [-0.25, -0.2) is 0 Å². The van der Waals surface area contributed by atoms with Crippen LogP contribution in [-0.4, -0.2) is 18.1 Å². The van der Waals surface area contributed by atoms with Gasteiger partial charge in [0.25, 0.3) is 0 Å². The number of pyridine rings is 1. The lowest BCUT2D eigenvalue weighted by atomic mass is 9.89. The summed E-state index contributed by atoms with van der Waals surface area (Å²) in [6.45, 7) is 7.04. The lowest BCUT2D eigenvalue weighted by molar-refractivity contribution is 0.351. The second-order valence-corrected chi connectivity index (χ2v) is 6.10. The number of halogens is 1. The van der Waals surface area contributed by atoms with E-state index in [1.165, 1.54) is 38.0 Å². The summed E-state index contributed by atoms with van der Waals surface area (Å²) in [5.41, 5.74) is 1.30. The van der Waals surface area contributed by atoms with Gasteiger partial charge in [-0.2, -0.15) is 0 Å². The molecule has 17 heavy (non-hydrogen) atoms. The zero-order valence-corrected chi connectivity index (χ0v) is 12.3. The molecule has 3 heteroatoms. The van der Waals surface area contributed by atoms with Crippen LogP contribution in [0.1, 0.15) is 33.1 Å². The van der Waals surface area contributed by atoms with Gasteiger partial charge in [-0.3, -0.25) is 4.98 Å². The Balaban J connectivity index is 2.07. The normalized spacial score (nSPS) is 21.6. The average Bonchev–Trinajstić information content (AvgIpc) is 2.55. The average molecular weight is 297 g/mol. The van der Waals surface area contributed by atoms with Gasteiger partial charge < -0.3 is 4.90 Å². The van der Waals surface area contributed by atoms with Crippen LogP contribution in [0.4, 0.5) is 5.69 Å². The van der Waals surface area contributed by atoms with Gasteiger partial charge in [-0.1, -0.05) is 13.8 Å². The van der Waals surface area contributed by atoms with Crippen LogP contribution in [0.5, 0.6) is 0 Å². The number of nitrogens with zero attached hydrogens (tertiary/aromatic N) is 2. The summed E-state index contributed by atoms with van der Waals surface area (Å²) in [7, 11) is 0. The smallest absolute Gasteiger partial charge is 0.0592 e. The second-order valence-electron chi connectivity index (χ2n) is 5.25. The fraction of sp³-hybridized carbons (Fsp3) is 0.643. The Kier molecular flexibility index (Phi) is 4.43. The first-order chi connectivity index (χ1) is 8.18. The summed E-state index contributed by atoms with van der Waals surface area (Å²) in [6, 6.07) is 2.11. The molecule has 1 aromatic rings. The van der Waals surface area contributed by atoms with E-state index in [1.807, 2.05) is 12.4 Å². The predicted molar refractivity (Wildman–Crippen MR) is 76.3 cm³/mol. The Labute approximate surface area is 113 Å². The molecule has 2 rings (SSSR count). The molecule has 0 bridgehead atoms. The molecular formula is C14H21BrN2. The summed E-state index contributed by atoms with van der Waals surface area (Å²) in [4.78, 5) is 6.63. The summed E-state index contributed by atoms with van der Waals surface area (Å²) < 4.78 is 1.11. The molecule has 1 aliphatic rings. The highest BCUT2D eigenvalue weighted by atomic mass is 79.9. The van der Waals surface area contributed by atoms with Gasteiger partial charge in [0.05, 0.1) is 10.2 Å². The van der Waals surface area contributed by atoms with Gasteiger partial charge >= 0.3 is 0 Å². The number of hydrogen-bond donors (Lipinski definition) is 0. The summed E-state index contributed by atoms with van der Waals surface area (Å²) in [5.74, 6) is 1.71. The maximum absolute atomic E-state index is 4.13. The Hall–Kier alpha value is -0.570. The summed E-state index contributed by atoms with van der Waals surface area (Å²) >= 11 is 3.60. The highest BCUT2D eigenvalue weighted by Crippen LogP contribution is 2.30. The van der Waals surface area contributed by atoms with E-state index in [9.17, 15) is 0 Å². The summed E-state index contributed by atoms with van der Waals surface area (Å²) in [6.07, 6.45) is 7.76. The van der Waals surface area contributed by atoms with E-state index in [4.69, 9.17) is 0 Å². The molecule has 0 radical (unpaired) electrons. The third kappa shape index (κ3) is 3.21. The fourth-order valence-electron chi connectivity index (χ4n) is 2.65. The maximum Gasteiger partial charge on any atom is 0.0592 e. The molecule has 0 spiro atoms. The van der Waals surface area contributed by atoms with Crippen molar-refractivity contribution in [2.45, 2.75) is 33.1 Å². The van der Waals surface area contributed by atoms with Crippen molar-refractivity contribution in [2.24, 2.45) is 11.8 Å². The number of rotatable bonds is 2. The third-order valence-electron chi connectivity index (χ3n) is 3.81. The van der Waals surface area contributed by atoms with E-state index < -0.39 is 0 Å². The molecule has 0 N–H and O–H groups in total. The Bertz CT molecular complexity index is 365. The van der Waals surface area contributed by atoms with E-state index in [0.29, 0.717) is 0 Å². The minimum Gasteiger partial charge on any atom is -0.371 e. The molecule has 0 amide bonds. The zero-order valence-electron chi connectivity index (χ0n) is 10.7. The van der Waals surface area contributed by atoms with Crippen molar-refractivity contribution in [1.29, 1.82) is 0 Å². The topological polar surface area (TPSA) is 16.1 Å². The van der Waals surface area contributed by atoms with Crippen LogP contribution >= 0.6 is 15.9 Å². The first-order valence-corrected chi connectivity index (χ1v) is 7.32. The molecule has 1 aromatic heterocycles. The van der Waals surface area contributed by atoms with E-state index in [0.717, 1.165) is 16.3 Å². The molecule has 0 aromatic carbocycles. The van der Waals surface area contributed by atoms with Gasteiger partial charge in [0, 0.05) is 25.5 Å². The van der Waals surface area contributed by atoms with Crippen LogP contribution in [0.2, 0.25) is 0 Å². The second kappa shape index (κ2) is 5.85. The lowest BCUT2D eigenvalue weighted by Gasteiger charge is -2.24. The van der Waals surface area contributed by atoms with Crippen LogP contribution in [0.3, 0.4) is 0 Å². The molecule has 1 fully saturated rings. The largest absolute Gasteiger partial charge is 0.371 e. The number of aromatic nitrogens is 1. The van der Waals surface area contributed by atoms with Crippen molar-refractivity contribution >= 4 is 21.6 Å². The number of hydrogen-bond acceptors (Lipinski definition) is 2. The standard InChI is InChI=1S/C14H21BrN2/c1-11(2)12-4-3-8-17(9-6-12)14-5-7-16-10-13(14)15/h5,7,10-12H,3-4,6,8-9H2,1-2H3. The molecule has 1 atom stereocenters. The van der Waals surface area contributed by atoms with E-state index >= 15 is 0 Å². The molecule has 0 saturated carbocycles. The van der Waals surface area contributed by atoms with E-state index in [2.05, 4.69) is 45.7 Å². The summed E-state index contributed by atoms with van der Waals surface area (Å²) in [5, 5.41) is 0. The molecule has 1 unspecified atom stereocenters. The van der Waals surface area contributed by atoms with Gasteiger partial charge in [-0.05, 0) is 53.1 Å².